The zero-order chi connectivity index (χ0) is 21.8. The van der Waals surface area contributed by atoms with E-state index >= 15 is 8.78 Å². The minimum atomic E-state index is -5.59. The van der Waals surface area contributed by atoms with Crippen molar-refractivity contribution in [2.75, 3.05) is 18.5 Å². The van der Waals surface area contributed by atoms with Gasteiger partial charge in [0, 0.05) is 5.69 Å². The summed E-state index contributed by atoms with van der Waals surface area (Å²) in [6.45, 7) is 1.43. The van der Waals surface area contributed by atoms with Crippen LogP contribution in [0.15, 0.2) is 60.7 Å². The molecule has 0 saturated carbocycles. The van der Waals surface area contributed by atoms with Gasteiger partial charge in [-0.25, -0.2) is 0 Å². The van der Waals surface area contributed by atoms with Crippen LogP contribution in [0.4, 0.5) is 27.6 Å². The number of alkyl halides is 5. The summed E-state index contributed by atoms with van der Waals surface area (Å²) in [6.07, 6.45) is -5.59. The highest BCUT2D eigenvalue weighted by Gasteiger charge is 2.78. The van der Waals surface area contributed by atoms with Crippen molar-refractivity contribution >= 4 is 13.3 Å². The van der Waals surface area contributed by atoms with Crippen molar-refractivity contribution in [1.29, 1.82) is 0 Å². The first kappa shape index (κ1) is 23.3. The molecule has 1 N–H and O–H groups in total. The molecule has 0 aromatic heterocycles. The molecule has 0 aliphatic carbocycles. The molecule has 0 fully saturated rings. The molecule has 2 aromatic rings. The Morgan fingerprint density at radius 2 is 1.28 bits per heavy atom. The molecule has 0 spiro atoms. The standard InChI is InChI=1S/C19H21F5NO3P/c1-3-27-29(26,28-4-2)19(23,24)17(18(20,21)22,15-11-7-5-8-12-15)25-16-13-9-6-10-14-16/h5-14,25H,3-4H2,1-2H3/t17-/m0/s1. The van der Waals surface area contributed by atoms with Crippen LogP contribution in [-0.2, 0) is 19.2 Å². The molecule has 0 unspecified atom stereocenters. The number of anilines is 1. The van der Waals surface area contributed by atoms with Crippen LogP contribution in [0.3, 0.4) is 0 Å². The first-order valence-corrected chi connectivity index (χ1v) is 10.3. The van der Waals surface area contributed by atoms with Crippen LogP contribution < -0.4 is 5.32 Å². The van der Waals surface area contributed by atoms with Gasteiger partial charge in [0.1, 0.15) is 0 Å². The van der Waals surface area contributed by atoms with Crippen LogP contribution in [0.2, 0.25) is 0 Å². The third-order valence-electron chi connectivity index (χ3n) is 4.13. The van der Waals surface area contributed by atoms with Gasteiger partial charge in [-0.1, -0.05) is 48.5 Å². The molecular formula is C19H21F5NO3P. The van der Waals surface area contributed by atoms with Gasteiger partial charge in [-0.3, -0.25) is 4.57 Å². The predicted octanol–water partition coefficient (Wildman–Crippen LogP) is 6.42. The van der Waals surface area contributed by atoms with Crippen LogP contribution in [0.5, 0.6) is 0 Å². The normalized spacial score (nSPS) is 15.0. The lowest BCUT2D eigenvalue weighted by Gasteiger charge is -2.44. The summed E-state index contributed by atoms with van der Waals surface area (Å²) in [5.74, 6) is 0. The lowest BCUT2D eigenvalue weighted by Crippen LogP contribution is -2.61. The van der Waals surface area contributed by atoms with Crippen molar-refractivity contribution in [3.05, 3.63) is 66.2 Å². The van der Waals surface area contributed by atoms with Crippen molar-refractivity contribution in [2.45, 2.75) is 31.2 Å². The first-order valence-electron chi connectivity index (χ1n) is 8.78. The number of halogens is 5. The number of benzene rings is 2. The molecule has 1 atom stereocenters. The van der Waals surface area contributed by atoms with Gasteiger partial charge in [-0.2, -0.15) is 22.0 Å². The maximum absolute atomic E-state index is 15.7. The Labute approximate surface area is 165 Å². The number of rotatable bonds is 9. The van der Waals surface area contributed by atoms with Gasteiger partial charge in [0.15, 0.2) is 0 Å². The van der Waals surface area contributed by atoms with E-state index in [4.69, 9.17) is 0 Å². The average molecular weight is 437 g/mol. The molecule has 2 aromatic carbocycles. The Morgan fingerprint density at radius 1 is 0.828 bits per heavy atom. The van der Waals surface area contributed by atoms with Crippen molar-refractivity contribution in [1.82, 2.24) is 0 Å². The van der Waals surface area contributed by atoms with Crippen LogP contribution >= 0.6 is 7.60 Å². The highest BCUT2D eigenvalue weighted by Crippen LogP contribution is 2.71. The molecule has 160 valence electrons. The maximum Gasteiger partial charge on any atom is 0.422 e. The number of hydrogen-bond acceptors (Lipinski definition) is 4. The Bertz CT molecular complexity index is 823. The number of nitrogens with one attached hydrogen (secondary N) is 1. The molecule has 0 amide bonds. The van der Waals surface area contributed by atoms with E-state index in [0.29, 0.717) is 0 Å². The fourth-order valence-electron chi connectivity index (χ4n) is 2.90. The second-order valence-electron chi connectivity index (χ2n) is 5.98. The second kappa shape index (κ2) is 8.81. The van der Waals surface area contributed by atoms with E-state index in [2.05, 4.69) is 9.05 Å². The summed E-state index contributed by atoms with van der Waals surface area (Å²) < 4.78 is 97.1. The van der Waals surface area contributed by atoms with Crippen LogP contribution in [0.1, 0.15) is 19.4 Å². The molecule has 10 heteroatoms. The van der Waals surface area contributed by atoms with E-state index < -0.39 is 43.8 Å². The van der Waals surface area contributed by atoms with Gasteiger partial charge < -0.3 is 14.4 Å². The maximum atomic E-state index is 15.7. The van der Waals surface area contributed by atoms with Crippen LogP contribution in [0.25, 0.3) is 0 Å². The summed E-state index contributed by atoms with van der Waals surface area (Å²) in [5, 5.41) is 1.90. The SMILES string of the molecule is CCOP(=O)(OCC)C(F)(F)[C@](Nc1ccccc1)(c1ccccc1)C(F)(F)F. The smallest absolute Gasteiger partial charge is 0.362 e. The van der Waals surface area contributed by atoms with E-state index in [9.17, 15) is 17.7 Å². The van der Waals surface area contributed by atoms with Gasteiger partial charge >= 0.3 is 19.4 Å². The zero-order valence-electron chi connectivity index (χ0n) is 15.7. The lowest BCUT2D eigenvalue weighted by molar-refractivity contribution is -0.231. The zero-order valence-corrected chi connectivity index (χ0v) is 16.6. The topological polar surface area (TPSA) is 47.6 Å². The number of para-hydroxylation sites is 1. The third-order valence-corrected chi connectivity index (χ3v) is 6.35. The molecule has 4 nitrogen and oxygen atoms in total. The Kier molecular flexibility index (Phi) is 7.09. The average Bonchev–Trinajstić information content (AvgIpc) is 2.66. The lowest BCUT2D eigenvalue weighted by atomic mass is 9.88. The predicted molar refractivity (Wildman–Crippen MR) is 100 cm³/mol. The van der Waals surface area contributed by atoms with Crippen molar-refractivity contribution < 1.29 is 35.6 Å². The van der Waals surface area contributed by atoms with E-state index in [-0.39, 0.29) is 5.69 Å². The molecule has 0 aliphatic rings. The number of hydrogen-bond donors (Lipinski definition) is 1. The Morgan fingerprint density at radius 3 is 1.69 bits per heavy atom. The second-order valence-corrected chi connectivity index (χ2v) is 8.05. The molecule has 0 radical (unpaired) electrons. The van der Waals surface area contributed by atoms with Gasteiger partial charge in [0.25, 0.3) is 0 Å². The van der Waals surface area contributed by atoms with Gasteiger partial charge in [-0.15, -0.1) is 0 Å². The van der Waals surface area contributed by atoms with Gasteiger partial charge in [0.05, 0.1) is 13.2 Å². The molecule has 0 saturated heterocycles. The van der Waals surface area contributed by atoms with Gasteiger partial charge in [-0.05, 0) is 31.5 Å². The molecule has 29 heavy (non-hydrogen) atoms. The van der Waals surface area contributed by atoms with Crippen LogP contribution in [0, 0.1) is 0 Å². The quantitative estimate of drug-likeness (QED) is 0.364. The third kappa shape index (κ3) is 4.17. The summed E-state index contributed by atoms with van der Waals surface area (Å²) >= 11 is 0. The molecule has 0 heterocycles. The fourth-order valence-corrected chi connectivity index (χ4v) is 4.70. The molecule has 0 aliphatic heterocycles. The van der Waals surface area contributed by atoms with E-state index in [0.717, 1.165) is 12.1 Å². The molecule has 2 rings (SSSR count). The Balaban J connectivity index is 2.85. The highest BCUT2D eigenvalue weighted by molar-refractivity contribution is 7.55. The highest BCUT2D eigenvalue weighted by atomic mass is 31.2. The van der Waals surface area contributed by atoms with E-state index in [1.54, 1.807) is 0 Å². The summed E-state index contributed by atoms with van der Waals surface area (Å²) in [5.41, 5.74) is -10.2. The summed E-state index contributed by atoms with van der Waals surface area (Å²) in [6, 6.07) is 12.2. The minimum absolute atomic E-state index is 0.243. The van der Waals surface area contributed by atoms with Gasteiger partial charge in [0.2, 0.25) is 5.54 Å². The van der Waals surface area contributed by atoms with E-state index in [1.807, 2.05) is 5.32 Å². The molecule has 0 bridgehead atoms. The molecular weight excluding hydrogens is 416 g/mol. The summed E-state index contributed by atoms with van der Waals surface area (Å²) in [4.78, 5) is 0. The van der Waals surface area contributed by atoms with Crippen molar-refractivity contribution in [2.24, 2.45) is 0 Å². The minimum Gasteiger partial charge on any atom is -0.362 e. The van der Waals surface area contributed by atoms with Crippen molar-refractivity contribution in [3.8, 4) is 0 Å². The van der Waals surface area contributed by atoms with E-state index in [1.165, 1.54) is 62.4 Å². The monoisotopic (exact) mass is 437 g/mol. The fraction of sp³-hybridized carbons (Fsp3) is 0.368. The van der Waals surface area contributed by atoms with Crippen LogP contribution in [-0.4, -0.2) is 25.1 Å². The Hall–Kier alpha value is -1.96. The largest absolute Gasteiger partial charge is 0.422 e. The van der Waals surface area contributed by atoms with Crippen molar-refractivity contribution in [3.63, 3.8) is 0 Å². The summed E-state index contributed by atoms with van der Waals surface area (Å²) in [7, 11) is -5.56. The first-order chi connectivity index (χ1) is 13.6.